The SMILES string of the molecule is CCCC[N+](CCCC)(CCCC)CCCC.CCCC[N+](CCCC)(CCCC)CCCC.C[C@@H](Oc1c(F)c(F)c(I)c(F)c1F)[C@@H](C)Oc1c(F)c(F)c(I)c(F)c1F.C[C@@H](Oc1c(F)c(F)c(I)c(F)c1F)[C@@H](C)Oc1c(F)c(F)c(I)c(F)c1F.[Br-].[Br-]. The normalized spacial score (nSPS) is 12.6. The number of benzene rings is 4. The monoisotopic (exact) mass is 1920 g/mol. The van der Waals surface area contributed by atoms with Gasteiger partial charge in [-0.15, -0.1) is 0 Å². The summed E-state index contributed by atoms with van der Waals surface area (Å²) in [5.74, 6) is -33.9. The summed E-state index contributed by atoms with van der Waals surface area (Å²) in [5.41, 5.74) is 0. The van der Waals surface area contributed by atoms with Crippen LogP contribution in [0.25, 0.3) is 0 Å². The molecule has 4 rings (SSSR count). The van der Waals surface area contributed by atoms with Gasteiger partial charge in [0.05, 0.1) is 66.6 Å². The van der Waals surface area contributed by atoms with E-state index in [9.17, 15) is 70.2 Å². The summed E-state index contributed by atoms with van der Waals surface area (Å²) < 4.78 is 238. The van der Waals surface area contributed by atoms with Crippen LogP contribution in [-0.4, -0.2) is 85.7 Å². The summed E-state index contributed by atoms with van der Waals surface area (Å²) in [5, 5.41) is 0. The van der Waals surface area contributed by atoms with E-state index in [-0.39, 0.29) is 34.0 Å². The molecule has 0 N–H and O–H groups in total. The molecule has 92 heavy (non-hydrogen) atoms. The minimum Gasteiger partial charge on any atom is -1.00 e. The molecule has 0 aliphatic carbocycles. The Labute approximate surface area is 609 Å². The lowest BCUT2D eigenvalue weighted by Gasteiger charge is -2.39. The molecule has 4 atom stereocenters. The summed E-state index contributed by atoms with van der Waals surface area (Å²) in [7, 11) is 0. The van der Waals surface area contributed by atoms with Crippen LogP contribution >= 0.6 is 90.4 Å². The van der Waals surface area contributed by atoms with Gasteiger partial charge in [-0.2, -0.15) is 35.1 Å². The van der Waals surface area contributed by atoms with Gasteiger partial charge < -0.3 is 61.9 Å². The molecule has 0 radical (unpaired) electrons. The molecule has 0 aliphatic heterocycles. The molecular formula is C64H88Br2F16I4N2O4. The summed E-state index contributed by atoms with van der Waals surface area (Å²) in [6.45, 7) is 34.4. The van der Waals surface area contributed by atoms with Crippen molar-refractivity contribution in [2.45, 2.75) is 210 Å². The predicted molar refractivity (Wildman–Crippen MR) is 355 cm³/mol. The van der Waals surface area contributed by atoms with Crippen molar-refractivity contribution >= 4 is 90.4 Å². The van der Waals surface area contributed by atoms with Crippen molar-refractivity contribution in [3.05, 3.63) is 107 Å². The standard InChI is InChI=1S/2C16H8F8I2O2.2C16H36N.2BrH/c2*1-3(27-15-9(21)5(17)13(25)6(18)10(15)22)4(2)28-16-11(23)7(19)14(26)8(20)12(16)24;2*1-5-9-13-17(14-10-6-2,15-11-7-3)16-12-8-4;;/h2*3-4H,1-2H3;2*5-16H2,1-4H3;2*1H/q;;2*+1;;/p-2/t2*3-,4-;;;;/m11..../s1. The molecule has 0 aromatic heterocycles. The van der Waals surface area contributed by atoms with Crippen LogP contribution < -0.4 is 52.9 Å². The number of unbranched alkanes of at least 4 members (excludes halogenated alkanes) is 8. The summed E-state index contributed by atoms with van der Waals surface area (Å²) in [6.07, 6.45) is 16.3. The van der Waals surface area contributed by atoms with E-state index in [1.54, 1.807) is 0 Å². The topological polar surface area (TPSA) is 36.9 Å². The first-order valence-corrected chi connectivity index (χ1v) is 35.0. The number of hydrogen-bond donors (Lipinski definition) is 0. The van der Waals surface area contributed by atoms with Gasteiger partial charge in [0.25, 0.3) is 0 Å². The van der Waals surface area contributed by atoms with E-state index in [1.165, 1.54) is 164 Å². The van der Waals surface area contributed by atoms with Gasteiger partial charge >= 0.3 is 0 Å². The summed E-state index contributed by atoms with van der Waals surface area (Å²) in [4.78, 5) is 0. The fourth-order valence-corrected chi connectivity index (χ4v) is 11.1. The Hall–Kier alpha value is -1.24. The molecule has 0 amide bonds. The van der Waals surface area contributed by atoms with E-state index >= 15 is 0 Å². The van der Waals surface area contributed by atoms with Crippen LogP contribution in [0.1, 0.15) is 186 Å². The Morgan fingerprint density at radius 3 is 0.446 bits per heavy atom. The second-order valence-corrected chi connectivity index (χ2v) is 26.5. The van der Waals surface area contributed by atoms with E-state index < -0.39 is 155 Å². The van der Waals surface area contributed by atoms with Crippen molar-refractivity contribution in [3.63, 3.8) is 0 Å². The average Bonchev–Trinajstić information content (AvgIpc) is 0.835. The first-order chi connectivity index (χ1) is 42.3. The zero-order valence-electron chi connectivity index (χ0n) is 54.1. The number of hydrogen-bond acceptors (Lipinski definition) is 4. The lowest BCUT2D eigenvalue weighted by molar-refractivity contribution is -0.929. The lowest BCUT2D eigenvalue weighted by Crippen LogP contribution is -3.00. The van der Waals surface area contributed by atoms with Crippen LogP contribution in [-0.2, 0) is 0 Å². The van der Waals surface area contributed by atoms with Gasteiger partial charge in [-0.1, -0.05) is 107 Å². The van der Waals surface area contributed by atoms with Crippen LogP contribution in [0.4, 0.5) is 70.2 Å². The van der Waals surface area contributed by atoms with E-state index in [4.69, 9.17) is 18.9 Å². The minimum absolute atomic E-state index is 0. The Bertz CT molecular complexity index is 2330. The van der Waals surface area contributed by atoms with Gasteiger partial charge in [0.1, 0.15) is 24.4 Å². The summed E-state index contributed by atoms with van der Waals surface area (Å²) >= 11 is 4.20. The fourth-order valence-electron chi connectivity index (χ4n) is 9.17. The quantitative estimate of drug-likeness (QED) is 0.0154. The highest BCUT2D eigenvalue weighted by atomic mass is 127. The Morgan fingerprint density at radius 2 is 0.348 bits per heavy atom. The predicted octanol–water partition coefficient (Wildman–Crippen LogP) is 16.5. The zero-order chi connectivity index (χ0) is 69.0. The third-order valence-corrected chi connectivity index (χ3v) is 18.9. The number of ether oxygens (including phenoxy) is 4. The number of nitrogens with zero attached hydrogens (tertiary/aromatic N) is 2. The molecule has 0 unspecified atom stereocenters. The van der Waals surface area contributed by atoms with Gasteiger partial charge in [-0.25, -0.2) is 35.1 Å². The van der Waals surface area contributed by atoms with Crippen LogP contribution in [0.2, 0.25) is 0 Å². The Morgan fingerprint density at radius 1 is 0.239 bits per heavy atom. The maximum absolute atomic E-state index is 13.9. The maximum atomic E-state index is 13.9. The van der Waals surface area contributed by atoms with E-state index in [2.05, 4.69) is 55.4 Å². The van der Waals surface area contributed by atoms with Gasteiger partial charge in [0.15, 0.2) is 69.5 Å². The lowest BCUT2D eigenvalue weighted by atomic mass is 10.1. The average molecular weight is 1920 g/mol. The van der Waals surface area contributed by atoms with Crippen molar-refractivity contribution in [2.75, 3.05) is 52.4 Å². The number of halogens is 22. The Kier molecular flexibility index (Phi) is 47.3. The largest absolute Gasteiger partial charge is 1.00 e. The van der Waals surface area contributed by atoms with Crippen molar-refractivity contribution < 1.29 is 132 Å². The summed E-state index contributed by atoms with van der Waals surface area (Å²) in [6, 6.07) is 0. The first-order valence-electron chi connectivity index (χ1n) is 30.7. The molecule has 0 saturated heterocycles. The van der Waals surface area contributed by atoms with E-state index in [0.717, 1.165) is 118 Å². The Balaban J connectivity index is 0. The molecule has 0 fully saturated rings. The highest BCUT2D eigenvalue weighted by Gasteiger charge is 2.34. The van der Waals surface area contributed by atoms with Gasteiger partial charge in [0, 0.05) is 0 Å². The second kappa shape index (κ2) is 46.9. The van der Waals surface area contributed by atoms with Crippen molar-refractivity contribution in [3.8, 4) is 23.0 Å². The molecule has 532 valence electrons. The molecule has 28 heteroatoms. The minimum atomic E-state index is -1.83. The van der Waals surface area contributed by atoms with Crippen molar-refractivity contribution in [1.29, 1.82) is 0 Å². The van der Waals surface area contributed by atoms with Gasteiger partial charge in [-0.05, 0) is 169 Å². The van der Waals surface area contributed by atoms with Crippen LogP contribution in [0.5, 0.6) is 23.0 Å². The van der Waals surface area contributed by atoms with Crippen molar-refractivity contribution in [1.82, 2.24) is 0 Å². The zero-order valence-corrected chi connectivity index (χ0v) is 65.9. The van der Waals surface area contributed by atoms with Crippen LogP contribution in [0, 0.1) is 107 Å². The van der Waals surface area contributed by atoms with E-state index in [0.29, 0.717) is 0 Å². The molecule has 0 saturated carbocycles. The molecule has 4 aromatic rings. The molecule has 0 aliphatic rings. The smallest absolute Gasteiger partial charge is 0.205 e. The maximum Gasteiger partial charge on any atom is 0.205 e. The molecule has 0 spiro atoms. The fraction of sp³-hybridized carbons (Fsp3) is 0.625. The number of quaternary nitrogens is 2. The van der Waals surface area contributed by atoms with E-state index in [1.807, 2.05) is 0 Å². The van der Waals surface area contributed by atoms with Gasteiger partial charge in [-0.3, -0.25) is 0 Å². The first kappa shape index (κ1) is 92.8. The second-order valence-electron chi connectivity index (χ2n) is 22.2. The molecular weight excluding hydrogens is 1830 g/mol. The van der Waals surface area contributed by atoms with Crippen LogP contribution in [0.3, 0.4) is 0 Å². The molecule has 6 nitrogen and oxygen atoms in total. The van der Waals surface area contributed by atoms with Crippen molar-refractivity contribution in [2.24, 2.45) is 0 Å². The third-order valence-electron chi connectivity index (χ3n) is 15.1. The molecule has 0 heterocycles. The third kappa shape index (κ3) is 27.1. The van der Waals surface area contributed by atoms with Gasteiger partial charge in [0.2, 0.25) is 46.5 Å². The molecule has 0 bridgehead atoms. The number of rotatable bonds is 34. The highest BCUT2D eigenvalue weighted by molar-refractivity contribution is 14.1. The molecule has 4 aromatic carbocycles. The highest BCUT2D eigenvalue weighted by Crippen LogP contribution is 2.37. The van der Waals surface area contributed by atoms with Crippen LogP contribution in [0.15, 0.2) is 0 Å².